The van der Waals surface area contributed by atoms with Crippen molar-refractivity contribution in [2.45, 2.75) is 13.5 Å². The molecular weight excluding hydrogens is 378 g/mol. The molecule has 0 atom stereocenters. The summed E-state index contributed by atoms with van der Waals surface area (Å²) in [5.74, 6) is 1.31. The number of rotatable bonds is 5. The summed E-state index contributed by atoms with van der Waals surface area (Å²) < 4.78 is 7.27. The molecule has 0 radical (unpaired) electrons. The minimum Gasteiger partial charge on any atom is -0.439 e. The summed E-state index contributed by atoms with van der Waals surface area (Å²) in [5, 5.41) is 7.63. The van der Waals surface area contributed by atoms with E-state index in [1.807, 2.05) is 42.5 Å². The molecule has 8 heteroatoms. The maximum Gasteiger partial charge on any atom is 0.291 e. The van der Waals surface area contributed by atoms with Gasteiger partial charge in [0, 0.05) is 10.6 Å². The first-order chi connectivity index (χ1) is 13.6. The summed E-state index contributed by atoms with van der Waals surface area (Å²) >= 11 is 5.91. The Bertz CT molecular complexity index is 1100. The molecule has 4 rings (SSSR count). The highest BCUT2D eigenvalue weighted by Gasteiger charge is 2.16. The van der Waals surface area contributed by atoms with Crippen LogP contribution < -0.4 is 5.32 Å². The molecule has 2 aromatic heterocycles. The molecule has 0 unspecified atom stereocenters. The molecule has 140 valence electrons. The minimum absolute atomic E-state index is 0.0716. The molecule has 0 spiro atoms. The first-order valence-corrected chi connectivity index (χ1v) is 8.96. The van der Waals surface area contributed by atoms with Gasteiger partial charge < -0.3 is 9.73 Å². The van der Waals surface area contributed by atoms with Gasteiger partial charge >= 0.3 is 0 Å². The van der Waals surface area contributed by atoms with E-state index >= 15 is 0 Å². The van der Waals surface area contributed by atoms with Crippen molar-refractivity contribution in [3.05, 3.63) is 83.4 Å². The Morgan fingerprint density at radius 2 is 1.89 bits per heavy atom. The average Bonchev–Trinajstić information content (AvgIpc) is 3.34. The number of aromatic nitrogens is 4. The number of carbonyl (C=O) groups excluding carboxylic acids is 1. The van der Waals surface area contributed by atoms with Crippen molar-refractivity contribution in [2.75, 3.05) is 0 Å². The number of hydrogen-bond donors (Lipinski definition) is 1. The molecule has 0 aliphatic carbocycles. The van der Waals surface area contributed by atoms with Crippen molar-refractivity contribution in [1.29, 1.82) is 0 Å². The highest BCUT2D eigenvalue weighted by atomic mass is 35.5. The molecule has 0 fully saturated rings. The second kappa shape index (κ2) is 7.66. The zero-order valence-corrected chi connectivity index (χ0v) is 15.7. The number of carbonyl (C=O) groups is 1. The molecule has 2 heterocycles. The van der Waals surface area contributed by atoms with Gasteiger partial charge in [0.05, 0.1) is 18.4 Å². The van der Waals surface area contributed by atoms with E-state index in [0.717, 1.165) is 11.3 Å². The molecule has 0 aliphatic rings. The van der Waals surface area contributed by atoms with Crippen LogP contribution in [0.4, 0.5) is 0 Å². The first-order valence-electron chi connectivity index (χ1n) is 8.58. The molecule has 7 nitrogen and oxygen atoms in total. The average molecular weight is 394 g/mol. The Balaban J connectivity index is 1.44. The van der Waals surface area contributed by atoms with Crippen LogP contribution in [0.3, 0.4) is 0 Å². The lowest BCUT2D eigenvalue weighted by Gasteiger charge is -2.02. The van der Waals surface area contributed by atoms with Crippen LogP contribution >= 0.6 is 11.6 Å². The Labute approximate surface area is 166 Å². The molecule has 0 bridgehead atoms. The molecule has 2 aromatic carbocycles. The van der Waals surface area contributed by atoms with Crippen LogP contribution in [-0.4, -0.2) is 25.7 Å². The molecule has 0 aliphatic heterocycles. The van der Waals surface area contributed by atoms with Crippen LogP contribution in [-0.2, 0) is 6.54 Å². The summed E-state index contributed by atoms with van der Waals surface area (Å²) in [6.07, 6.45) is 1.63. The fourth-order valence-electron chi connectivity index (χ4n) is 2.68. The van der Waals surface area contributed by atoms with E-state index < -0.39 is 5.91 Å². The van der Waals surface area contributed by atoms with Crippen LogP contribution in [0.15, 0.2) is 65.2 Å². The van der Waals surface area contributed by atoms with Crippen molar-refractivity contribution in [3.63, 3.8) is 0 Å². The van der Waals surface area contributed by atoms with Gasteiger partial charge in [-0.1, -0.05) is 41.9 Å². The van der Waals surface area contributed by atoms with Crippen molar-refractivity contribution in [2.24, 2.45) is 0 Å². The Morgan fingerprint density at radius 3 is 2.64 bits per heavy atom. The van der Waals surface area contributed by atoms with E-state index in [1.165, 1.54) is 0 Å². The SMILES string of the molecule is Cc1nc(C(=O)NCc2ncc(-c3ccccc3)o2)nn1-c1ccc(Cl)cc1. The number of benzene rings is 2. The molecule has 0 saturated carbocycles. The predicted octanol–water partition coefficient (Wildman–Crippen LogP) is 3.81. The van der Waals surface area contributed by atoms with Crippen molar-refractivity contribution < 1.29 is 9.21 Å². The highest BCUT2D eigenvalue weighted by Crippen LogP contribution is 2.19. The van der Waals surface area contributed by atoms with Crippen molar-refractivity contribution in [3.8, 4) is 17.0 Å². The fraction of sp³-hybridized carbons (Fsp3) is 0.100. The lowest BCUT2D eigenvalue weighted by molar-refractivity contribution is 0.0937. The molecular formula is C20H16ClN5O2. The lowest BCUT2D eigenvalue weighted by Crippen LogP contribution is -2.24. The van der Waals surface area contributed by atoms with Crippen molar-refractivity contribution >= 4 is 17.5 Å². The van der Waals surface area contributed by atoms with E-state index in [9.17, 15) is 4.79 Å². The number of oxazole rings is 1. The standard InChI is InChI=1S/C20H16ClN5O2/c1-13-24-19(25-26(13)16-9-7-15(21)8-10-16)20(27)23-12-18-22-11-17(28-18)14-5-3-2-4-6-14/h2-11H,12H2,1H3,(H,23,27). The normalized spacial score (nSPS) is 10.8. The summed E-state index contributed by atoms with van der Waals surface area (Å²) in [4.78, 5) is 20.8. The van der Waals surface area contributed by atoms with Crippen LogP contribution in [0.5, 0.6) is 0 Å². The lowest BCUT2D eigenvalue weighted by atomic mass is 10.2. The monoisotopic (exact) mass is 393 g/mol. The third-order valence-electron chi connectivity index (χ3n) is 4.06. The number of amides is 1. The predicted molar refractivity (Wildman–Crippen MR) is 104 cm³/mol. The first kappa shape index (κ1) is 17.9. The highest BCUT2D eigenvalue weighted by molar-refractivity contribution is 6.30. The second-order valence-corrected chi connectivity index (χ2v) is 6.47. The van der Waals surface area contributed by atoms with Crippen LogP contribution in [0.1, 0.15) is 22.3 Å². The van der Waals surface area contributed by atoms with Gasteiger partial charge in [-0.25, -0.2) is 14.6 Å². The molecule has 28 heavy (non-hydrogen) atoms. The van der Waals surface area contributed by atoms with Gasteiger partial charge in [0.2, 0.25) is 11.7 Å². The van der Waals surface area contributed by atoms with Gasteiger partial charge in [0.1, 0.15) is 5.82 Å². The van der Waals surface area contributed by atoms with Crippen molar-refractivity contribution in [1.82, 2.24) is 25.1 Å². The van der Waals surface area contributed by atoms with Gasteiger partial charge in [0.15, 0.2) is 5.76 Å². The number of hydrogen-bond acceptors (Lipinski definition) is 5. The third-order valence-corrected chi connectivity index (χ3v) is 4.31. The van der Waals surface area contributed by atoms with Gasteiger partial charge in [0.25, 0.3) is 5.91 Å². The topological polar surface area (TPSA) is 85.8 Å². The Morgan fingerprint density at radius 1 is 1.14 bits per heavy atom. The zero-order chi connectivity index (χ0) is 19.5. The summed E-state index contributed by atoms with van der Waals surface area (Å²) in [5.41, 5.74) is 1.69. The number of aryl methyl sites for hydroxylation is 1. The number of nitrogens with one attached hydrogen (secondary N) is 1. The number of halogens is 1. The van der Waals surface area contributed by atoms with Gasteiger partial charge in [-0.15, -0.1) is 5.10 Å². The van der Waals surface area contributed by atoms with Crippen LogP contribution in [0.2, 0.25) is 5.02 Å². The maximum atomic E-state index is 12.4. The summed E-state index contributed by atoms with van der Waals surface area (Å²) in [6, 6.07) is 16.8. The zero-order valence-electron chi connectivity index (χ0n) is 15.0. The smallest absolute Gasteiger partial charge is 0.291 e. The third kappa shape index (κ3) is 3.79. The number of nitrogens with zero attached hydrogens (tertiary/aromatic N) is 4. The van der Waals surface area contributed by atoms with E-state index in [1.54, 1.807) is 29.9 Å². The second-order valence-electron chi connectivity index (χ2n) is 6.04. The van der Waals surface area contributed by atoms with Gasteiger partial charge in [-0.05, 0) is 31.2 Å². The van der Waals surface area contributed by atoms with E-state index in [0.29, 0.717) is 22.5 Å². The van der Waals surface area contributed by atoms with E-state index in [4.69, 9.17) is 16.0 Å². The molecule has 4 aromatic rings. The Kier molecular flexibility index (Phi) is 4.90. The van der Waals surface area contributed by atoms with Gasteiger partial charge in [-0.2, -0.15) is 0 Å². The fourth-order valence-corrected chi connectivity index (χ4v) is 2.80. The molecule has 1 N–H and O–H groups in total. The molecule has 1 amide bonds. The quantitative estimate of drug-likeness (QED) is 0.557. The molecule has 0 saturated heterocycles. The van der Waals surface area contributed by atoms with E-state index in [2.05, 4.69) is 20.4 Å². The summed E-state index contributed by atoms with van der Waals surface area (Å²) in [7, 11) is 0. The maximum absolute atomic E-state index is 12.4. The Hall–Kier alpha value is -3.45. The van der Waals surface area contributed by atoms with Crippen LogP contribution in [0.25, 0.3) is 17.0 Å². The minimum atomic E-state index is -0.407. The largest absolute Gasteiger partial charge is 0.439 e. The van der Waals surface area contributed by atoms with Gasteiger partial charge in [-0.3, -0.25) is 4.79 Å². The van der Waals surface area contributed by atoms with E-state index in [-0.39, 0.29) is 12.4 Å². The van der Waals surface area contributed by atoms with Crippen LogP contribution in [0, 0.1) is 6.92 Å². The summed E-state index contributed by atoms with van der Waals surface area (Å²) in [6.45, 7) is 1.92.